The maximum atomic E-state index is 7.60. The van der Waals surface area contributed by atoms with Gasteiger partial charge in [0.15, 0.2) is 0 Å². The molecular formula is C22H16N2. The van der Waals surface area contributed by atoms with Crippen molar-refractivity contribution >= 4 is 11.4 Å². The Labute approximate surface area is 142 Å². The highest BCUT2D eigenvalue weighted by Crippen LogP contribution is 2.45. The van der Waals surface area contributed by atoms with E-state index in [0.29, 0.717) is 11.4 Å². The third-order valence-electron chi connectivity index (χ3n) is 4.10. The molecule has 2 nitrogen and oxygen atoms in total. The Morgan fingerprint density at radius 1 is 0.542 bits per heavy atom. The molecule has 0 radical (unpaired) electrons. The van der Waals surface area contributed by atoms with Gasteiger partial charge in [0.05, 0.1) is 13.1 Å². The van der Waals surface area contributed by atoms with Gasteiger partial charge >= 0.3 is 0 Å². The lowest BCUT2D eigenvalue weighted by atomic mass is 9.95. The smallest absolute Gasteiger partial charge is 0.202 e. The summed E-state index contributed by atoms with van der Waals surface area (Å²) >= 11 is 0. The number of hydrogen-bond acceptors (Lipinski definition) is 0. The first-order chi connectivity index (χ1) is 11.6. The zero-order chi connectivity index (χ0) is 17.1. The molecule has 3 aromatic rings. The number of nitrogens with zero attached hydrogens (tertiary/aromatic N) is 2. The average molecular weight is 308 g/mol. The van der Waals surface area contributed by atoms with E-state index in [1.165, 1.54) is 11.1 Å². The van der Waals surface area contributed by atoms with E-state index in [2.05, 4.69) is 9.69 Å². The van der Waals surface area contributed by atoms with Crippen molar-refractivity contribution < 1.29 is 0 Å². The molecule has 3 aromatic carbocycles. The molecule has 0 spiro atoms. The second-order valence-corrected chi connectivity index (χ2v) is 5.81. The van der Waals surface area contributed by atoms with Crippen LogP contribution in [-0.4, -0.2) is 0 Å². The van der Waals surface area contributed by atoms with Gasteiger partial charge in [0.2, 0.25) is 11.4 Å². The largest absolute Gasteiger partial charge is 0.249 e. The van der Waals surface area contributed by atoms with Crippen molar-refractivity contribution in [3.05, 3.63) is 94.6 Å². The Balaban J connectivity index is 2.22. The number of hydrogen-bond donors (Lipinski definition) is 0. The van der Waals surface area contributed by atoms with Gasteiger partial charge in [-0.05, 0) is 36.1 Å². The number of aryl methyl sites for hydroxylation is 2. The van der Waals surface area contributed by atoms with Gasteiger partial charge in [0.25, 0.3) is 0 Å². The second kappa shape index (κ2) is 6.41. The third kappa shape index (κ3) is 2.78. The molecule has 3 rings (SSSR count). The van der Waals surface area contributed by atoms with Gasteiger partial charge in [-0.1, -0.05) is 71.8 Å². The summed E-state index contributed by atoms with van der Waals surface area (Å²) < 4.78 is 0. The third-order valence-corrected chi connectivity index (χ3v) is 4.10. The fraction of sp³-hybridized carbons (Fsp3) is 0.0909. The van der Waals surface area contributed by atoms with Crippen molar-refractivity contribution in [3.8, 4) is 22.3 Å². The summed E-state index contributed by atoms with van der Waals surface area (Å²) in [4.78, 5) is 7.36. The van der Waals surface area contributed by atoms with Gasteiger partial charge in [-0.3, -0.25) is 0 Å². The standard InChI is InChI=1S/C22H16N2/c1-15-5-9-17(10-6-15)19-13-14-20(22(24-4)21(19)23-3)18-11-7-16(2)8-12-18/h5-14H,1-2H3. The highest BCUT2D eigenvalue weighted by atomic mass is 14.8. The van der Waals surface area contributed by atoms with Crippen LogP contribution in [0.2, 0.25) is 0 Å². The van der Waals surface area contributed by atoms with Crippen LogP contribution in [0.4, 0.5) is 11.4 Å². The van der Waals surface area contributed by atoms with Crippen molar-refractivity contribution in [2.24, 2.45) is 0 Å². The molecule has 24 heavy (non-hydrogen) atoms. The first-order valence-electron chi connectivity index (χ1n) is 7.70. The summed E-state index contributed by atoms with van der Waals surface area (Å²) in [5, 5.41) is 0. The lowest BCUT2D eigenvalue weighted by Crippen LogP contribution is -1.84. The minimum atomic E-state index is 0.423. The van der Waals surface area contributed by atoms with Gasteiger partial charge in [0.1, 0.15) is 0 Å². The highest BCUT2D eigenvalue weighted by Gasteiger charge is 2.16. The Morgan fingerprint density at radius 2 is 0.875 bits per heavy atom. The predicted molar refractivity (Wildman–Crippen MR) is 99.3 cm³/mol. The van der Waals surface area contributed by atoms with Crippen molar-refractivity contribution in [1.29, 1.82) is 0 Å². The molecule has 0 aliphatic heterocycles. The van der Waals surface area contributed by atoms with E-state index in [-0.39, 0.29) is 0 Å². The van der Waals surface area contributed by atoms with Crippen LogP contribution in [0.15, 0.2) is 60.7 Å². The van der Waals surface area contributed by atoms with Crippen molar-refractivity contribution in [2.75, 3.05) is 0 Å². The molecule has 0 atom stereocenters. The van der Waals surface area contributed by atoms with E-state index in [1.54, 1.807) is 0 Å². The number of benzene rings is 3. The highest BCUT2D eigenvalue weighted by molar-refractivity contribution is 5.97. The monoisotopic (exact) mass is 308 g/mol. The van der Waals surface area contributed by atoms with Crippen LogP contribution in [-0.2, 0) is 0 Å². The molecule has 0 unspecified atom stereocenters. The van der Waals surface area contributed by atoms with Gasteiger partial charge in [-0.15, -0.1) is 0 Å². The molecule has 0 fully saturated rings. The van der Waals surface area contributed by atoms with Crippen LogP contribution in [0.25, 0.3) is 31.9 Å². The molecule has 0 aromatic heterocycles. The SMILES string of the molecule is [C-]#[N+]c1c(-c2ccc(C)cc2)ccc(-c2ccc(C)cc2)c1[N+]#[C-]. The lowest BCUT2D eigenvalue weighted by Gasteiger charge is -2.12. The Hall–Kier alpha value is -3.36. The van der Waals surface area contributed by atoms with Crippen LogP contribution < -0.4 is 0 Å². The number of rotatable bonds is 2. The quantitative estimate of drug-likeness (QED) is 0.463. The average Bonchev–Trinajstić information content (AvgIpc) is 2.62. The maximum absolute atomic E-state index is 7.60. The van der Waals surface area contributed by atoms with Crippen LogP contribution >= 0.6 is 0 Å². The first-order valence-corrected chi connectivity index (χ1v) is 7.70. The summed E-state index contributed by atoms with van der Waals surface area (Å²) in [6.45, 7) is 19.3. The lowest BCUT2D eigenvalue weighted by molar-refractivity contribution is 1.46. The van der Waals surface area contributed by atoms with Gasteiger partial charge in [-0.25, -0.2) is 9.69 Å². The molecule has 0 aliphatic carbocycles. The van der Waals surface area contributed by atoms with Gasteiger partial charge in [-0.2, -0.15) is 0 Å². The molecule has 0 saturated carbocycles. The van der Waals surface area contributed by atoms with Crippen molar-refractivity contribution in [1.82, 2.24) is 0 Å². The van der Waals surface area contributed by atoms with Crippen molar-refractivity contribution in [2.45, 2.75) is 13.8 Å². The van der Waals surface area contributed by atoms with Gasteiger partial charge < -0.3 is 0 Å². The zero-order valence-corrected chi connectivity index (χ0v) is 13.7. The minimum absolute atomic E-state index is 0.423. The van der Waals surface area contributed by atoms with Crippen molar-refractivity contribution in [3.63, 3.8) is 0 Å². The predicted octanol–water partition coefficient (Wildman–Crippen LogP) is 6.74. The van der Waals surface area contributed by atoms with Gasteiger partial charge in [0, 0.05) is 0 Å². The molecular weight excluding hydrogens is 292 g/mol. The van der Waals surface area contributed by atoms with Crippen LogP contribution in [0, 0.1) is 27.0 Å². The maximum Gasteiger partial charge on any atom is 0.202 e. The van der Waals surface area contributed by atoms with Crippen LogP contribution in [0.1, 0.15) is 11.1 Å². The van der Waals surface area contributed by atoms with Crippen LogP contribution in [0.3, 0.4) is 0 Å². The second-order valence-electron chi connectivity index (χ2n) is 5.81. The van der Waals surface area contributed by atoms with E-state index < -0.39 is 0 Å². The zero-order valence-electron chi connectivity index (χ0n) is 13.7. The summed E-state index contributed by atoms with van der Waals surface area (Å²) in [5.41, 5.74) is 6.74. The molecule has 0 amide bonds. The molecule has 114 valence electrons. The first kappa shape index (κ1) is 15.5. The summed E-state index contributed by atoms with van der Waals surface area (Å²) in [5.74, 6) is 0. The topological polar surface area (TPSA) is 8.72 Å². The fourth-order valence-electron chi connectivity index (χ4n) is 2.74. The fourth-order valence-corrected chi connectivity index (χ4v) is 2.74. The molecule has 0 bridgehead atoms. The molecule has 0 heterocycles. The van der Waals surface area contributed by atoms with Crippen LogP contribution in [0.5, 0.6) is 0 Å². The minimum Gasteiger partial charge on any atom is -0.249 e. The molecule has 0 saturated heterocycles. The molecule has 0 N–H and O–H groups in total. The Kier molecular flexibility index (Phi) is 4.15. The summed E-state index contributed by atoms with van der Waals surface area (Å²) in [7, 11) is 0. The Morgan fingerprint density at radius 3 is 1.17 bits per heavy atom. The normalized spacial score (nSPS) is 10.0. The van der Waals surface area contributed by atoms with E-state index in [0.717, 1.165) is 22.3 Å². The molecule has 0 aliphatic rings. The summed E-state index contributed by atoms with van der Waals surface area (Å²) in [6.07, 6.45) is 0. The molecule has 2 heteroatoms. The summed E-state index contributed by atoms with van der Waals surface area (Å²) in [6, 6.07) is 20.0. The van der Waals surface area contributed by atoms with E-state index in [1.807, 2.05) is 74.5 Å². The van der Waals surface area contributed by atoms with E-state index in [4.69, 9.17) is 13.1 Å². The van der Waals surface area contributed by atoms with E-state index in [9.17, 15) is 0 Å². The van der Waals surface area contributed by atoms with E-state index >= 15 is 0 Å². The Bertz CT molecular complexity index is 884.